The summed E-state index contributed by atoms with van der Waals surface area (Å²) < 4.78 is 0. The van der Waals surface area contributed by atoms with Crippen molar-refractivity contribution in [2.24, 2.45) is 11.8 Å². The highest BCUT2D eigenvalue weighted by molar-refractivity contribution is 4.91. The Kier molecular flexibility index (Phi) is 4.48. The van der Waals surface area contributed by atoms with E-state index in [1.807, 2.05) is 0 Å². The second-order valence-corrected chi connectivity index (χ2v) is 6.55. The van der Waals surface area contributed by atoms with Crippen LogP contribution in [0.5, 0.6) is 0 Å². The molecule has 2 rings (SSSR count). The van der Waals surface area contributed by atoms with E-state index in [2.05, 4.69) is 37.9 Å². The summed E-state index contributed by atoms with van der Waals surface area (Å²) in [5, 5.41) is 3.70. The second kappa shape index (κ2) is 5.71. The average Bonchev–Trinajstić information content (AvgIpc) is 3.10. The fourth-order valence-electron chi connectivity index (χ4n) is 3.14. The molecule has 2 aliphatic rings. The van der Waals surface area contributed by atoms with Crippen LogP contribution in [0, 0.1) is 11.8 Å². The Morgan fingerprint density at radius 3 is 2.53 bits per heavy atom. The fraction of sp³-hybridized carbons (Fsp3) is 1.00. The summed E-state index contributed by atoms with van der Waals surface area (Å²) in [6.45, 7) is 11.9. The van der Waals surface area contributed by atoms with Gasteiger partial charge in [0.15, 0.2) is 0 Å². The van der Waals surface area contributed by atoms with Gasteiger partial charge in [0.25, 0.3) is 0 Å². The van der Waals surface area contributed by atoms with Crippen LogP contribution in [0.2, 0.25) is 0 Å². The van der Waals surface area contributed by atoms with Gasteiger partial charge in [-0.1, -0.05) is 33.6 Å². The van der Waals surface area contributed by atoms with Crippen LogP contribution >= 0.6 is 0 Å². The summed E-state index contributed by atoms with van der Waals surface area (Å²) in [4.78, 5) is 2.79. The maximum atomic E-state index is 3.70. The van der Waals surface area contributed by atoms with Crippen molar-refractivity contribution in [3.63, 3.8) is 0 Å². The first kappa shape index (κ1) is 13.4. The lowest BCUT2D eigenvalue weighted by Crippen LogP contribution is -2.59. The average molecular weight is 238 g/mol. The van der Waals surface area contributed by atoms with E-state index in [-0.39, 0.29) is 0 Å². The molecule has 1 saturated carbocycles. The maximum absolute atomic E-state index is 3.70. The molecule has 0 aromatic carbocycles. The van der Waals surface area contributed by atoms with Gasteiger partial charge in [0.2, 0.25) is 0 Å². The number of rotatable bonds is 5. The molecule has 0 aromatic rings. The maximum Gasteiger partial charge on any atom is 0.0218 e. The van der Waals surface area contributed by atoms with Gasteiger partial charge in [-0.25, -0.2) is 0 Å². The van der Waals surface area contributed by atoms with E-state index in [1.54, 1.807) is 0 Å². The molecule has 3 atom stereocenters. The minimum Gasteiger partial charge on any atom is -0.311 e. The van der Waals surface area contributed by atoms with E-state index in [1.165, 1.54) is 38.8 Å². The molecule has 1 saturated heterocycles. The molecule has 0 radical (unpaired) electrons. The standard InChI is InChI=1S/C15H30N2/c1-5-14(8-13-6-7-13)17-10-15(11(2)3)16-9-12(17)4/h11-16H,5-10H2,1-4H3. The Balaban J connectivity index is 1.94. The molecule has 1 heterocycles. The Morgan fingerprint density at radius 1 is 1.29 bits per heavy atom. The Hall–Kier alpha value is -0.0800. The minimum atomic E-state index is 0.694. The van der Waals surface area contributed by atoms with Crippen molar-refractivity contribution in [2.75, 3.05) is 13.1 Å². The van der Waals surface area contributed by atoms with E-state index in [4.69, 9.17) is 0 Å². The summed E-state index contributed by atoms with van der Waals surface area (Å²) in [6, 6.07) is 2.24. The van der Waals surface area contributed by atoms with Crippen molar-refractivity contribution in [1.82, 2.24) is 10.2 Å². The molecule has 2 heteroatoms. The lowest BCUT2D eigenvalue weighted by molar-refractivity contribution is 0.0689. The first-order chi connectivity index (χ1) is 8.11. The minimum absolute atomic E-state index is 0.694. The van der Waals surface area contributed by atoms with Crippen molar-refractivity contribution in [3.8, 4) is 0 Å². The molecule has 2 nitrogen and oxygen atoms in total. The number of piperazine rings is 1. The van der Waals surface area contributed by atoms with Gasteiger partial charge in [0, 0.05) is 31.2 Å². The zero-order chi connectivity index (χ0) is 12.4. The van der Waals surface area contributed by atoms with Gasteiger partial charge in [0.05, 0.1) is 0 Å². The molecule has 2 fully saturated rings. The molecular formula is C15H30N2. The highest BCUT2D eigenvalue weighted by Gasteiger charge is 2.34. The number of nitrogens with one attached hydrogen (secondary N) is 1. The van der Waals surface area contributed by atoms with Gasteiger partial charge in [-0.3, -0.25) is 4.90 Å². The van der Waals surface area contributed by atoms with Crippen molar-refractivity contribution >= 4 is 0 Å². The van der Waals surface area contributed by atoms with E-state index >= 15 is 0 Å². The molecule has 3 unspecified atom stereocenters. The first-order valence-corrected chi connectivity index (χ1v) is 7.61. The van der Waals surface area contributed by atoms with Gasteiger partial charge >= 0.3 is 0 Å². The summed E-state index contributed by atoms with van der Waals surface area (Å²) in [5.74, 6) is 1.81. The predicted octanol–water partition coefficient (Wildman–Crippen LogP) is 2.88. The zero-order valence-corrected chi connectivity index (χ0v) is 12.1. The highest BCUT2D eigenvalue weighted by Crippen LogP contribution is 2.36. The molecular weight excluding hydrogens is 208 g/mol. The van der Waals surface area contributed by atoms with E-state index in [0.717, 1.165) is 17.9 Å². The predicted molar refractivity (Wildman–Crippen MR) is 74.2 cm³/mol. The third kappa shape index (κ3) is 3.45. The lowest BCUT2D eigenvalue weighted by atomic mass is 9.96. The summed E-state index contributed by atoms with van der Waals surface area (Å²) in [7, 11) is 0. The molecule has 0 aromatic heterocycles. The van der Waals surface area contributed by atoms with Crippen LogP contribution < -0.4 is 5.32 Å². The van der Waals surface area contributed by atoms with Crippen molar-refractivity contribution in [2.45, 2.75) is 71.5 Å². The topological polar surface area (TPSA) is 15.3 Å². The van der Waals surface area contributed by atoms with Crippen LogP contribution in [0.3, 0.4) is 0 Å². The Labute approximate surface area is 107 Å². The molecule has 1 aliphatic carbocycles. The second-order valence-electron chi connectivity index (χ2n) is 6.55. The van der Waals surface area contributed by atoms with Crippen LogP contribution in [0.25, 0.3) is 0 Å². The van der Waals surface area contributed by atoms with Crippen LogP contribution in [0.4, 0.5) is 0 Å². The molecule has 1 N–H and O–H groups in total. The van der Waals surface area contributed by atoms with Gasteiger partial charge in [-0.05, 0) is 31.6 Å². The zero-order valence-electron chi connectivity index (χ0n) is 12.1. The summed E-state index contributed by atoms with van der Waals surface area (Å²) in [6.07, 6.45) is 5.76. The largest absolute Gasteiger partial charge is 0.311 e. The van der Waals surface area contributed by atoms with Gasteiger partial charge in [0.1, 0.15) is 0 Å². The SMILES string of the molecule is CCC(CC1CC1)N1CC(C(C)C)NCC1C. The molecule has 17 heavy (non-hydrogen) atoms. The van der Waals surface area contributed by atoms with Crippen molar-refractivity contribution < 1.29 is 0 Å². The molecule has 0 bridgehead atoms. The quantitative estimate of drug-likeness (QED) is 0.792. The first-order valence-electron chi connectivity index (χ1n) is 7.61. The Bertz CT molecular complexity index is 235. The molecule has 100 valence electrons. The van der Waals surface area contributed by atoms with E-state index < -0.39 is 0 Å². The normalized spacial score (nSPS) is 33.0. The number of nitrogens with zero attached hydrogens (tertiary/aromatic N) is 1. The van der Waals surface area contributed by atoms with Crippen molar-refractivity contribution in [3.05, 3.63) is 0 Å². The van der Waals surface area contributed by atoms with Gasteiger partial charge in [-0.15, -0.1) is 0 Å². The third-order valence-corrected chi connectivity index (χ3v) is 4.70. The smallest absolute Gasteiger partial charge is 0.0218 e. The van der Waals surface area contributed by atoms with E-state index in [9.17, 15) is 0 Å². The fourth-order valence-corrected chi connectivity index (χ4v) is 3.14. The van der Waals surface area contributed by atoms with Crippen LogP contribution in [-0.2, 0) is 0 Å². The van der Waals surface area contributed by atoms with Gasteiger partial charge < -0.3 is 5.32 Å². The summed E-state index contributed by atoms with van der Waals surface area (Å²) in [5.41, 5.74) is 0. The third-order valence-electron chi connectivity index (χ3n) is 4.70. The van der Waals surface area contributed by atoms with Crippen LogP contribution in [0.1, 0.15) is 53.4 Å². The van der Waals surface area contributed by atoms with Crippen molar-refractivity contribution in [1.29, 1.82) is 0 Å². The number of hydrogen-bond donors (Lipinski definition) is 1. The van der Waals surface area contributed by atoms with Crippen LogP contribution in [0.15, 0.2) is 0 Å². The number of hydrogen-bond acceptors (Lipinski definition) is 2. The molecule has 0 spiro atoms. The van der Waals surface area contributed by atoms with Crippen LogP contribution in [-0.4, -0.2) is 36.1 Å². The van der Waals surface area contributed by atoms with E-state index in [0.29, 0.717) is 12.1 Å². The lowest BCUT2D eigenvalue weighted by Gasteiger charge is -2.44. The molecule has 1 aliphatic heterocycles. The Morgan fingerprint density at radius 2 is 2.00 bits per heavy atom. The molecule has 0 amide bonds. The van der Waals surface area contributed by atoms with Gasteiger partial charge in [-0.2, -0.15) is 0 Å². The summed E-state index contributed by atoms with van der Waals surface area (Å²) >= 11 is 0. The highest BCUT2D eigenvalue weighted by atomic mass is 15.3. The monoisotopic (exact) mass is 238 g/mol.